The Morgan fingerprint density at radius 1 is 1.14 bits per heavy atom. The average Bonchev–Trinajstić information content (AvgIpc) is 3.31. The van der Waals surface area contributed by atoms with Gasteiger partial charge in [0.15, 0.2) is 11.6 Å². The molecule has 0 bridgehead atoms. The van der Waals surface area contributed by atoms with Gasteiger partial charge in [-0.05, 0) is 34.9 Å². The summed E-state index contributed by atoms with van der Waals surface area (Å²) in [6, 6.07) is 14.0. The third-order valence-electron chi connectivity index (χ3n) is 5.26. The zero-order valence-corrected chi connectivity index (χ0v) is 19.5. The van der Waals surface area contributed by atoms with Gasteiger partial charge in [0.2, 0.25) is 12.7 Å². The number of aromatic nitrogens is 3. The van der Waals surface area contributed by atoms with E-state index in [1.807, 2.05) is 24.3 Å². The summed E-state index contributed by atoms with van der Waals surface area (Å²) in [4.78, 5) is 12.7. The maximum Gasteiger partial charge on any atom is 0.475 e. The Balaban J connectivity index is 1.44. The zero-order valence-electron chi connectivity index (χ0n) is 18.6. The summed E-state index contributed by atoms with van der Waals surface area (Å²) < 4.78 is 54.8. The van der Waals surface area contributed by atoms with Crippen LogP contribution in [0, 0.1) is 11.8 Å². The number of hydrogen-bond acceptors (Lipinski definition) is 7. The van der Waals surface area contributed by atoms with Gasteiger partial charge in [-0.25, -0.2) is 23.0 Å². The maximum atomic E-state index is 13.9. The Morgan fingerprint density at radius 2 is 1.86 bits per heavy atom. The molecule has 0 aliphatic rings. The number of pyridine rings is 2. The molecule has 3 heterocycles. The van der Waals surface area contributed by atoms with Crippen LogP contribution in [0.1, 0.15) is 22.4 Å². The number of anilines is 1. The maximum absolute atomic E-state index is 13.9. The fourth-order valence-corrected chi connectivity index (χ4v) is 3.77. The van der Waals surface area contributed by atoms with Gasteiger partial charge >= 0.3 is 7.82 Å². The van der Waals surface area contributed by atoms with Crippen LogP contribution in [0.4, 0.5) is 14.6 Å². The van der Waals surface area contributed by atoms with Gasteiger partial charge in [0, 0.05) is 32.2 Å². The summed E-state index contributed by atoms with van der Waals surface area (Å²) >= 11 is 0. The second-order valence-corrected chi connectivity index (χ2v) is 9.17. The van der Waals surface area contributed by atoms with Crippen LogP contribution in [0.2, 0.25) is 0 Å². The summed E-state index contributed by atoms with van der Waals surface area (Å²) in [5, 5.41) is 4.09. The van der Waals surface area contributed by atoms with E-state index in [4.69, 9.17) is 14.8 Å². The van der Waals surface area contributed by atoms with Crippen molar-refractivity contribution in [3.05, 3.63) is 95.1 Å². The second kappa shape index (κ2) is 10.4. The average molecular weight is 503 g/mol. The fourth-order valence-electron chi connectivity index (χ4n) is 3.39. The van der Waals surface area contributed by atoms with E-state index < -0.39 is 19.6 Å². The van der Waals surface area contributed by atoms with E-state index in [0.29, 0.717) is 23.4 Å². The van der Waals surface area contributed by atoms with Crippen molar-refractivity contribution >= 4 is 13.6 Å². The van der Waals surface area contributed by atoms with Crippen molar-refractivity contribution in [1.82, 2.24) is 10.1 Å². The molecule has 0 fully saturated rings. The molecule has 0 radical (unpaired) electrons. The second-order valence-electron chi connectivity index (χ2n) is 7.61. The van der Waals surface area contributed by atoms with Crippen molar-refractivity contribution in [3.63, 3.8) is 0 Å². The Hall–Kier alpha value is -3.50. The van der Waals surface area contributed by atoms with Gasteiger partial charge in [-0.3, -0.25) is 10.3 Å². The first-order valence-electron chi connectivity index (χ1n) is 10.4. The lowest BCUT2D eigenvalue weighted by Gasteiger charge is -2.09. The Bertz CT molecular complexity index is 1380. The molecule has 0 saturated heterocycles. The Labute approximate surface area is 199 Å². The zero-order chi connectivity index (χ0) is 25.0. The van der Waals surface area contributed by atoms with Crippen molar-refractivity contribution in [3.8, 4) is 11.3 Å². The van der Waals surface area contributed by atoms with E-state index in [1.54, 1.807) is 24.4 Å². The molecule has 12 heteroatoms. The predicted octanol–water partition coefficient (Wildman–Crippen LogP) is 3.79. The molecule has 4 aromatic rings. The lowest BCUT2D eigenvalue weighted by molar-refractivity contribution is -0.711. The highest BCUT2D eigenvalue weighted by Crippen LogP contribution is 2.41. The predicted molar refractivity (Wildman–Crippen MR) is 121 cm³/mol. The van der Waals surface area contributed by atoms with E-state index in [1.165, 1.54) is 16.8 Å². The van der Waals surface area contributed by atoms with Crippen molar-refractivity contribution in [2.24, 2.45) is 0 Å². The number of nitrogens with zero attached hydrogens (tertiary/aromatic N) is 3. The molecule has 4 rings (SSSR count). The monoisotopic (exact) mass is 503 g/mol. The van der Waals surface area contributed by atoms with Gasteiger partial charge < -0.3 is 9.42 Å². The largest absolute Gasteiger partial charge is 0.475 e. The van der Waals surface area contributed by atoms with Crippen LogP contribution < -0.4 is 10.3 Å². The summed E-state index contributed by atoms with van der Waals surface area (Å²) in [5.41, 5.74) is 9.36. The minimum atomic E-state index is -4.16. The van der Waals surface area contributed by atoms with E-state index in [0.717, 1.165) is 18.2 Å². The molecule has 35 heavy (non-hydrogen) atoms. The van der Waals surface area contributed by atoms with Crippen LogP contribution in [0.5, 0.6) is 0 Å². The standard InChI is InChI=1S/C23H21F2N4O5P/c1-32-35(30,31)33-14-29-10-2-3-19(23(29)26)20-13-18(28-34-20)12-16-6-4-15(5-7-16)11-17-8-9-27-22(25)21(17)24/h2-10,13,26H,11-12,14H2,1H3,(H,30,31)/p+1. The number of hydrogen-bond donors (Lipinski definition) is 2. The van der Waals surface area contributed by atoms with E-state index >= 15 is 0 Å². The first kappa shape index (κ1) is 24.6. The highest BCUT2D eigenvalue weighted by molar-refractivity contribution is 7.47. The minimum Gasteiger partial charge on any atom is -0.356 e. The number of benzene rings is 1. The molecule has 1 atom stereocenters. The highest BCUT2D eigenvalue weighted by atomic mass is 31.2. The summed E-state index contributed by atoms with van der Waals surface area (Å²) in [6.45, 7) is -0.301. The minimum absolute atomic E-state index is 0.235. The Kier molecular flexibility index (Phi) is 7.32. The van der Waals surface area contributed by atoms with Crippen LogP contribution in [0.15, 0.2) is 65.4 Å². The quantitative estimate of drug-likeness (QED) is 0.201. The van der Waals surface area contributed by atoms with Crippen LogP contribution in [-0.2, 0) is 33.2 Å². The molecule has 1 aromatic carbocycles. The molecular formula is C23H22F2N4O5P+. The van der Waals surface area contributed by atoms with Crippen molar-refractivity contribution in [2.45, 2.75) is 19.6 Å². The molecule has 0 aliphatic carbocycles. The van der Waals surface area contributed by atoms with Crippen LogP contribution in [0.25, 0.3) is 11.3 Å². The van der Waals surface area contributed by atoms with E-state index in [-0.39, 0.29) is 24.5 Å². The highest BCUT2D eigenvalue weighted by Gasteiger charge is 2.22. The summed E-state index contributed by atoms with van der Waals surface area (Å²) in [7, 11) is -3.09. The molecule has 9 nitrogen and oxygen atoms in total. The lowest BCUT2D eigenvalue weighted by atomic mass is 10.0. The molecular weight excluding hydrogens is 481 g/mol. The Morgan fingerprint density at radius 3 is 2.57 bits per heavy atom. The van der Waals surface area contributed by atoms with Gasteiger partial charge in [-0.15, -0.1) is 0 Å². The normalized spacial score (nSPS) is 13.0. The first-order chi connectivity index (χ1) is 16.8. The number of nitrogen functional groups attached to an aromatic ring is 1. The van der Waals surface area contributed by atoms with Crippen LogP contribution in [-0.4, -0.2) is 22.1 Å². The molecule has 0 saturated carbocycles. The third-order valence-corrected chi connectivity index (χ3v) is 6.16. The fraction of sp³-hybridized carbons (Fsp3) is 0.174. The molecule has 3 aromatic heterocycles. The molecule has 3 N–H and O–H groups in total. The SMILES string of the molecule is COP(=O)(O)OC[n+]1cccc(-c2cc(Cc3ccc(Cc4ccnc(F)c4F)cc3)no2)c1N. The van der Waals surface area contributed by atoms with Gasteiger partial charge in [0.05, 0.1) is 11.9 Å². The number of halogens is 2. The van der Waals surface area contributed by atoms with Crippen LogP contribution in [0.3, 0.4) is 0 Å². The van der Waals surface area contributed by atoms with E-state index in [9.17, 15) is 18.2 Å². The molecule has 0 spiro atoms. The smallest absolute Gasteiger partial charge is 0.356 e. The van der Waals surface area contributed by atoms with Gasteiger partial charge in [-0.2, -0.15) is 4.39 Å². The van der Waals surface area contributed by atoms with Crippen molar-refractivity contribution in [2.75, 3.05) is 12.8 Å². The van der Waals surface area contributed by atoms with Crippen molar-refractivity contribution in [1.29, 1.82) is 0 Å². The third kappa shape index (κ3) is 5.95. The summed E-state index contributed by atoms with van der Waals surface area (Å²) in [5.74, 6) is -1.39. The van der Waals surface area contributed by atoms with Gasteiger partial charge in [0.1, 0.15) is 5.56 Å². The number of nitrogens with two attached hydrogens (primary N) is 1. The van der Waals surface area contributed by atoms with Gasteiger partial charge in [-0.1, -0.05) is 29.4 Å². The van der Waals surface area contributed by atoms with Gasteiger partial charge in [0.25, 0.3) is 5.82 Å². The lowest BCUT2D eigenvalue weighted by Crippen LogP contribution is -2.38. The van der Waals surface area contributed by atoms with Crippen LogP contribution >= 0.6 is 7.82 Å². The molecule has 1 unspecified atom stereocenters. The molecule has 182 valence electrons. The van der Waals surface area contributed by atoms with Crippen molar-refractivity contribution < 1.29 is 36.4 Å². The first-order valence-corrected chi connectivity index (χ1v) is 11.9. The van der Waals surface area contributed by atoms with E-state index in [2.05, 4.69) is 14.7 Å². The molecule has 0 aliphatic heterocycles. The number of rotatable bonds is 9. The summed E-state index contributed by atoms with van der Waals surface area (Å²) in [6.07, 6.45) is 3.54. The number of phosphoric ester groups is 1. The topological polar surface area (TPSA) is 125 Å². The number of phosphoric acid groups is 1. The molecule has 0 amide bonds.